The lowest BCUT2D eigenvalue weighted by Gasteiger charge is -2.34. The average Bonchev–Trinajstić information content (AvgIpc) is 3.47. The van der Waals surface area contributed by atoms with Crippen molar-refractivity contribution >= 4 is 66.7 Å². The summed E-state index contributed by atoms with van der Waals surface area (Å²) in [5, 5.41) is 3.79. The molecule has 1 aliphatic carbocycles. The van der Waals surface area contributed by atoms with E-state index in [9.17, 15) is 18.0 Å². The number of nitrogens with zero attached hydrogens (tertiary/aromatic N) is 2. The molecule has 1 aliphatic rings. The number of halogens is 3. The molecule has 1 fully saturated rings. The predicted octanol–water partition coefficient (Wildman–Crippen LogP) is 6.82. The van der Waals surface area contributed by atoms with Crippen molar-refractivity contribution in [3.63, 3.8) is 0 Å². The number of carbonyl (C=O) groups is 2. The first-order valence-electron chi connectivity index (χ1n) is 13.5. The lowest BCUT2D eigenvalue weighted by molar-refractivity contribution is -0.140. The van der Waals surface area contributed by atoms with Crippen LogP contribution in [0.3, 0.4) is 0 Å². The zero-order chi connectivity index (χ0) is 29.6. The van der Waals surface area contributed by atoms with Crippen LogP contribution in [0.4, 0.5) is 5.69 Å². The van der Waals surface area contributed by atoms with Gasteiger partial charge in [-0.15, -0.1) is 0 Å². The van der Waals surface area contributed by atoms with Gasteiger partial charge in [-0.3, -0.25) is 13.9 Å². The Labute approximate surface area is 260 Å². The van der Waals surface area contributed by atoms with Crippen LogP contribution >= 0.6 is 39.1 Å². The maximum Gasteiger partial charge on any atom is 0.264 e. The summed E-state index contributed by atoms with van der Waals surface area (Å²) < 4.78 is 29.6. The Morgan fingerprint density at radius 2 is 1.56 bits per heavy atom. The molecule has 1 N–H and O–H groups in total. The molecule has 4 rings (SSSR count). The third-order valence-corrected chi connectivity index (χ3v) is 10.2. The number of benzene rings is 3. The van der Waals surface area contributed by atoms with Gasteiger partial charge in [-0.2, -0.15) is 0 Å². The molecule has 0 spiro atoms. The first kappa shape index (κ1) is 31.3. The van der Waals surface area contributed by atoms with Gasteiger partial charge >= 0.3 is 0 Å². The van der Waals surface area contributed by atoms with E-state index in [0.717, 1.165) is 34.5 Å². The van der Waals surface area contributed by atoms with E-state index in [1.54, 1.807) is 60.7 Å². The Kier molecular flexibility index (Phi) is 10.7. The van der Waals surface area contributed by atoms with Gasteiger partial charge in [-0.25, -0.2) is 8.42 Å². The molecule has 0 bridgehead atoms. The second-order valence-corrected chi connectivity index (χ2v) is 13.5. The second kappa shape index (κ2) is 14.1. The number of sulfonamides is 1. The molecule has 1 atom stereocenters. The summed E-state index contributed by atoms with van der Waals surface area (Å²) in [6, 6.07) is 18.8. The Morgan fingerprint density at radius 1 is 0.951 bits per heavy atom. The molecule has 0 saturated heterocycles. The molecule has 0 unspecified atom stereocenters. The van der Waals surface area contributed by atoms with Gasteiger partial charge in [0.1, 0.15) is 12.6 Å². The largest absolute Gasteiger partial charge is 0.352 e. The SMILES string of the molecule is CC[C@@H](C(=O)NC1CCCC1)N(Cc1c(Cl)cccc1Cl)C(=O)CN(c1ccc(Br)cc1)S(=O)(=O)c1ccccc1. The van der Waals surface area contributed by atoms with Crippen molar-refractivity contribution in [1.82, 2.24) is 10.2 Å². The van der Waals surface area contributed by atoms with Crippen molar-refractivity contribution in [3.05, 3.63) is 92.9 Å². The molecule has 1 saturated carbocycles. The lowest BCUT2D eigenvalue weighted by Crippen LogP contribution is -2.53. The third-order valence-electron chi connectivity index (χ3n) is 7.20. The summed E-state index contributed by atoms with van der Waals surface area (Å²) in [5.74, 6) is -0.839. The average molecular weight is 681 g/mol. The van der Waals surface area contributed by atoms with E-state index in [0.29, 0.717) is 27.7 Å². The fraction of sp³-hybridized carbons (Fsp3) is 0.333. The minimum atomic E-state index is -4.14. The number of nitrogens with one attached hydrogen (secondary N) is 1. The zero-order valence-electron chi connectivity index (χ0n) is 22.6. The van der Waals surface area contributed by atoms with Gasteiger partial charge in [-0.1, -0.05) is 83.2 Å². The highest BCUT2D eigenvalue weighted by atomic mass is 79.9. The molecular formula is C30H32BrCl2N3O4S. The number of amides is 2. The van der Waals surface area contributed by atoms with Gasteiger partial charge in [0.05, 0.1) is 10.6 Å². The Hall–Kier alpha value is -2.59. The number of carbonyl (C=O) groups excluding carboxylic acids is 2. The molecule has 218 valence electrons. The molecule has 41 heavy (non-hydrogen) atoms. The van der Waals surface area contributed by atoms with E-state index >= 15 is 0 Å². The fourth-order valence-electron chi connectivity index (χ4n) is 5.00. The quantitative estimate of drug-likeness (QED) is 0.241. The number of hydrogen-bond donors (Lipinski definition) is 1. The summed E-state index contributed by atoms with van der Waals surface area (Å²) in [6.45, 7) is 1.22. The van der Waals surface area contributed by atoms with E-state index in [2.05, 4.69) is 21.2 Å². The van der Waals surface area contributed by atoms with Gasteiger partial charge < -0.3 is 10.2 Å². The van der Waals surface area contributed by atoms with Crippen molar-refractivity contribution in [2.75, 3.05) is 10.8 Å². The maximum absolute atomic E-state index is 14.2. The normalized spacial score (nSPS) is 14.4. The molecule has 2 amide bonds. The van der Waals surface area contributed by atoms with E-state index in [4.69, 9.17) is 23.2 Å². The van der Waals surface area contributed by atoms with Crippen LogP contribution in [0.1, 0.15) is 44.6 Å². The standard InChI is InChI=1S/C30H32BrCl2N3O4S/c1-2-28(30(38)34-22-9-6-7-10-22)35(19-25-26(32)13-8-14-27(25)33)29(37)20-36(23-17-15-21(31)16-18-23)41(39,40)24-11-4-3-5-12-24/h3-5,8,11-18,22,28H,2,6-7,9-10,19-20H2,1H3,(H,34,38)/t28-/m0/s1. The summed E-state index contributed by atoms with van der Waals surface area (Å²) in [6.07, 6.45) is 4.17. The molecule has 0 radical (unpaired) electrons. The van der Waals surface area contributed by atoms with Gasteiger partial charge in [-0.05, 0) is 67.8 Å². The van der Waals surface area contributed by atoms with Gasteiger partial charge in [0.25, 0.3) is 10.0 Å². The van der Waals surface area contributed by atoms with E-state index in [-0.39, 0.29) is 23.4 Å². The first-order valence-corrected chi connectivity index (χ1v) is 16.5. The number of rotatable bonds is 11. The molecule has 7 nitrogen and oxygen atoms in total. The highest BCUT2D eigenvalue weighted by molar-refractivity contribution is 9.10. The van der Waals surface area contributed by atoms with Crippen molar-refractivity contribution in [2.45, 2.75) is 62.6 Å². The van der Waals surface area contributed by atoms with Crippen molar-refractivity contribution in [2.24, 2.45) is 0 Å². The van der Waals surface area contributed by atoms with Crippen LogP contribution in [0.5, 0.6) is 0 Å². The van der Waals surface area contributed by atoms with Gasteiger partial charge in [0.2, 0.25) is 11.8 Å². The van der Waals surface area contributed by atoms with Crippen LogP contribution in [0.2, 0.25) is 10.0 Å². The summed E-state index contributed by atoms with van der Waals surface area (Å²) in [4.78, 5) is 29.2. The molecule has 0 aliphatic heterocycles. The first-order chi connectivity index (χ1) is 19.6. The summed E-state index contributed by atoms with van der Waals surface area (Å²) in [7, 11) is -4.14. The third kappa shape index (κ3) is 7.63. The Balaban J connectivity index is 1.73. The molecular weight excluding hydrogens is 649 g/mol. The van der Waals surface area contributed by atoms with Crippen LogP contribution in [0.25, 0.3) is 0 Å². The second-order valence-electron chi connectivity index (χ2n) is 9.94. The van der Waals surface area contributed by atoms with Gasteiger partial charge in [0, 0.05) is 32.7 Å². The fourth-order valence-corrected chi connectivity index (χ4v) is 7.21. The molecule has 0 aromatic heterocycles. The highest BCUT2D eigenvalue weighted by Crippen LogP contribution is 2.29. The van der Waals surface area contributed by atoms with Crippen molar-refractivity contribution in [3.8, 4) is 0 Å². The van der Waals surface area contributed by atoms with E-state index in [1.165, 1.54) is 17.0 Å². The summed E-state index contributed by atoms with van der Waals surface area (Å²) >= 11 is 16.3. The van der Waals surface area contributed by atoms with Crippen LogP contribution in [-0.4, -0.2) is 43.8 Å². The molecule has 11 heteroatoms. The summed E-state index contributed by atoms with van der Waals surface area (Å²) in [5.41, 5.74) is 0.794. The number of hydrogen-bond acceptors (Lipinski definition) is 4. The lowest BCUT2D eigenvalue weighted by atomic mass is 10.1. The maximum atomic E-state index is 14.2. The smallest absolute Gasteiger partial charge is 0.264 e. The monoisotopic (exact) mass is 679 g/mol. The van der Waals surface area contributed by atoms with Crippen LogP contribution in [0, 0.1) is 0 Å². The minimum Gasteiger partial charge on any atom is -0.352 e. The van der Waals surface area contributed by atoms with Crippen LogP contribution in [-0.2, 0) is 26.2 Å². The predicted molar refractivity (Wildman–Crippen MR) is 167 cm³/mol. The topological polar surface area (TPSA) is 86.8 Å². The van der Waals surface area contributed by atoms with Crippen LogP contribution < -0.4 is 9.62 Å². The van der Waals surface area contributed by atoms with Crippen LogP contribution in [0.15, 0.2) is 82.2 Å². The minimum absolute atomic E-state index is 0.0439. The number of anilines is 1. The Morgan fingerprint density at radius 3 is 2.15 bits per heavy atom. The molecule has 0 heterocycles. The Bertz CT molecular complexity index is 1450. The van der Waals surface area contributed by atoms with Crippen molar-refractivity contribution < 1.29 is 18.0 Å². The van der Waals surface area contributed by atoms with Crippen molar-refractivity contribution in [1.29, 1.82) is 0 Å². The highest BCUT2D eigenvalue weighted by Gasteiger charge is 2.35. The molecule has 3 aromatic carbocycles. The zero-order valence-corrected chi connectivity index (χ0v) is 26.5. The van der Waals surface area contributed by atoms with E-state index in [1.807, 2.05) is 6.92 Å². The molecule has 3 aromatic rings. The van der Waals surface area contributed by atoms with E-state index < -0.39 is 28.5 Å². The van der Waals surface area contributed by atoms with Gasteiger partial charge in [0.15, 0.2) is 0 Å².